The van der Waals surface area contributed by atoms with Crippen molar-refractivity contribution >= 4 is 5.91 Å². The fourth-order valence-corrected chi connectivity index (χ4v) is 2.71. The first-order valence-electron chi connectivity index (χ1n) is 7.76. The van der Waals surface area contributed by atoms with Crippen LogP contribution in [0.25, 0.3) is 0 Å². The van der Waals surface area contributed by atoms with Gasteiger partial charge in [0.2, 0.25) is 5.91 Å². The van der Waals surface area contributed by atoms with Gasteiger partial charge in [-0.05, 0) is 58.0 Å². The van der Waals surface area contributed by atoms with Gasteiger partial charge in [0.15, 0.2) is 0 Å². The summed E-state index contributed by atoms with van der Waals surface area (Å²) in [4.78, 5) is 14.4. The largest absolute Gasteiger partial charge is 0.491 e. The third kappa shape index (κ3) is 5.05. The molecular formula is C17H26N2O2. The highest BCUT2D eigenvalue weighted by molar-refractivity contribution is 5.78. The van der Waals surface area contributed by atoms with Gasteiger partial charge in [-0.15, -0.1) is 0 Å². The highest BCUT2D eigenvalue weighted by atomic mass is 16.5. The summed E-state index contributed by atoms with van der Waals surface area (Å²) in [6.07, 6.45) is 2.26. The van der Waals surface area contributed by atoms with Crippen molar-refractivity contribution in [3.05, 3.63) is 29.8 Å². The number of carbonyl (C=O) groups excluding carboxylic acids is 1. The first kappa shape index (κ1) is 15.8. The Kier molecular flexibility index (Phi) is 5.62. The molecule has 0 saturated carbocycles. The summed E-state index contributed by atoms with van der Waals surface area (Å²) in [5.41, 5.74) is 1.07. The molecule has 0 radical (unpaired) electrons. The smallest absolute Gasteiger partial charge is 0.224 e. The molecule has 1 N–H and O–H groups in total. The van der Waals surface area contributed by atoms with E-state index in [9.17, 15) is 4.79 Å². The number of nitrogens with zero attached hydrogens (tertiary/aromatic N) is 1. The summed E-state index contributed by atoms with van der Waals surface area (Å²) in [7, 11) is 2.08. The van der Waals surface area contributed by atoms with Crippen LogP contribution < -0.4 is 10.1 Å². The van der Waals surface area contributed by atoms with Gasteiger partial charge in [-0.1, -0.05) is 12.1 Å². The van der Waals surface area contributed by atoms with Gasteiger partial charge in [-0.3, -0.25) is 4.79 Å². The van der Waals surface area contributed by atoms with E-state index in [4.69, 9.17) is 4.74 Å². The average molecular weight is 290 g/mol. The van der Waals surface area contributed by atoms with E-state index in [2.05, 4.69) is 17.3 Å². The van der Waals surface area contributed by atoms with Crippen LogP contribution in [0.15, 0.2) is 24.3 Å². The maximum absolute atomic E-state index is 12.2. The third-order valence-electron chi connectivity index (χ3n) is 3.73. The molecule has 2 rings (SSSR count). The summed E-state index contributed by atoms with van der Waals surface area (Å²) in [6.45, 7) is 6.54. The van der Waals surface area contributed by atoms with Crippen LogP contribution in [0.2, 0.25) is 0 Å². The van der Waals surface area contributed by atoms with Crippen LogP contribution >= 0.6 is 0 Å². The van der Waals surface area contributed by atoms with Gasteiger partial charge in [-0.25, -0.2) is 0 Å². The number of likely N-dealkylation sites (tertiary alicyclic amines) is 1. The van der Waals surface area contributed by atoms with Crippen LogP contribution in [0.5, 0.6) is 5.75 Å². The number of benzene rings is 1. The lowest BCUT2D eigenvalue weighted by Gasteiger charge is -2.28. The number of hydrogen-bond acceptors (Lipinski definition) is 3. The molecule has 1 aromatic rings. The van der Waals surface area contributed by atoms with Crippen molar-refractivity contribution in [2.24, 2.45) is 5.92 Å². The Morgan fingerprint density at radius 3 is 3.00 bits per heavy atom. The first-order chi connectivity index (χ1) is 10.0. The van der Waals surface area contributed by atoms with Gasteiger partial charge < -0.3 is 15.0 Å². The zero-order valence-electron chi connectivity index (χ0n) is 13.3. The summed E-state index contributed by atoms with van der Waals surface area (Å²) in [5.74, 6) is 1.14. The Labute approximate surface area is 127 Å². The van der Waals surface area contributed by atoms with E-state index in [0.29, 0.717) is 6.54 Å². The molecule has 1 aromatic carbocycles. The van der Waals surface area contributed by atoms with Crippen LogP contribution in [0.4, 0.5) is 0 Å². The Hall–Kier alpha value is -1.55. The number of rotatable bonds is 5. The van der Waals surface area contributed by atoms with Gasteiger partial charge in [0.05, 0.1) is 12.0 Å². The standard InChI is InChI=1S/C17H26N2O2/c1-13(2)21-16-8-4-6-14(10-16)11-18-17(20)15-7-5-9-19(3)12-15/h4,6,8,10,13,15H,5,7,9,11-12H2,1-3H3,(H,18,20). The normalized spacial score (nSPS) is 19.5. The molecule has 1 atom stereocenters. The van der Waals surface area contributed by atoms with Crippen molar-refractivity contribution in [3.8, 4) is 5.75 Å². The molecule has 116 valence electrons. The second kappa shape index (κ2) is 7.46. The number of carbonyl (C=O) groups is 1. The van der Waals surface area contributed by atoms with Crippen LogP contribution in [-0.2, 0) is 11.3 Å². The van der Waals surface area contributed by atoms with E-state index < -0.39 is 0 Å². The Balaban J connectivity index is 1.86. The van der Waals surface area contributed by atoms with Gasteiger partial charge in [0, 0.05) is 13.1 Å². The van der Waals surface area contributed by atoms with E-state index in [1.807, 2.05) is 38.1 Å². The van der Waals surface area contributed by atoms with E-state index >= 15 is 0 Å². The molecule has 1 fully saturated rings. The zero-order valence-corrected chi connectivity index (χ0v) is 13.3. The fourth-order valence-electron chi connectivity index (χ4n) is 2.71. The highest BCUT2D eigenvalue weighted by Gasteiger charge is 2.23. The lowest BCUT2D eigenvalue weighted by molar-refractivity contribution is -0.126. The highest BCUT2D eigenvalue weighted by Crippen LogP contribution is 2.17. The minimum absolute atomic E-state index is 0.124. The van der Waals surface area contributed by atoms with Crippen molar-refractivity contribution in [2.75, 3.05) is 20.1 Å². The lowest BCUT2D eigenvalue weighted by Crippen LogP contribution is -2.41. The van der Waals surface area contributed by atoms with Crippen molar-refractivity contribution in [3.63, 3.8) is 0 Å². The Bertz CT molecular complexity index is 474. The maximum Gasteiger partial charge on any atom is 0.224 e. The van der Waals surface area contributed by atoms with Gasteiger partial charge in [0.25, 0.3) is 0 Å². The second-order valence-electron chi connectivity index (χ2n) is 6.13. The summed E-state index contributed by atoms with van der Waals surface area (Å²) < 4.78 is 5.67. The van der Waals surface area contributed by atoms with Crippen LogP contribution in [0.3, 0.4) is 0 Å². The van der Waals surface area contributed by atoms with E-state index in [1.165, 1.54) is 0 Å². The Morgan fingerprint density at radius 2 is 2.29 bits per heavy atom. The molecule has 1 aliphatic heterocycles. The summed E-state index contributed by atoms with van der Waals surface area (Å²) >= 11 is 0. The molecule has 0 aliphatic carbocycles. The minimum atomic E-state index is 0.124. The first-order valence-corrected chi connectivity index (χ1v) is 7.76. The van der Waals surface area contributed by atoms with Crippen molar-refractivity contribution in [1.82, 2.24) is 10.2 Å². The molecule has 0 spiro atoms. The summed E-state index contributed by atoms with van der Waals surface area (Å²) in [5, 5.41) is 3.05. The second-order valence-corrected chi connectivity index (χ2v) is 6.13. The predicted octanol–water partition coefficient (Wildman–Crippen LogP) is 2.43. The third-order valence-corrected chi connectivity index (χ3v) is 3.73. The maximum atomic E-state index is 12.2. The Morgan fingerprint density at radius 1 is 1.48 bits per heavy atom. The molecular weight excluding hydrogens is 264 g/mol. The SMILES string of the molecule is CC(C)Oc1cccc(CNC(=O)C2CCCN(C)C2)c1. The number of nitrogens with one attached hydrogen (secondary N) is 1. The molecule has 1 saturated heterocycles. The van der Waals surface area contributed by atoms with Gasteiger partial charge >= 0.3 is 0 Å². The molecule has 4 heteroatoms. The van der Waals surface area contributed by atoms with Crippen molar-refractivity contribution in [2.45, 2.75) is 39.3 Å². The van der Waals surface area contributed by atoms with Crippen molar-refractivity contribution < 1.29 is 9.53 Å². The average Bonchev–Trinajstić information content (AvgIpc) is 2.44. The minimum Gasteiger partial charge on any atom is -0.491 e. The van der Waals surface area contributed by atoms with E-state index in [0.717, 1.165) is 37.2 Å². The number of hydrogen-bond donors (Lipinski definition) is 1. The van der Waals surface area contributed by atoms with Crippen LogP contribution in [0, 0.1) is 5.92 Å². The van der Waals surface area contributed by atoms with E-state index in [-0.39, 0.29) is 17.9 Å². The quantitative estimate of drug-likeness (QED) is 0.905. The summed E-state index contributed by atoms with van der Waals surface area (Å²) in [6, 6.07) is 7.92. The zero-order chi connectivity index (χ0) is 15.2. The molecule has 1 unspecified atom stereocenters. The number of piperidine rings is 1. The molecule has 1 amide bonds. The number of amides is 1. The van der Waals surface area contributed by atoms with Crippen LogP contribution in [-0.4, -0.2) is 37.0 Å². The number of ether oxygens (including phenoxy) is 1. The molecule has 1 heterocycles. The van der Waals surface area contributed by atoms with E-state index in [1.54, 1.807) is 0 Å². The molecule has 21 heavy (non-hydrogen) atoms. The van der Waals surface area contributed by atoms with Crippen LogP contribution in [0.1, 0.15) is 32.3 Å². The molecule has 4 nitrogen and oxygen atoms in total. The molecule has 1 aliphatic rings. The van der Waals surface area contributed by atoms with Gasteiger partial charge in [0.1, 0.15) is 5.75 Å². The van der Waals surface area contributed by atoms with Gasteiger partial charge in [-0.2, -0.15) is 0 Å². The molecule has 0 bridgehead atoms. The fraction of sp³-hybridized carbons (Fsp3) is 0.588. The topological polar surface area (TPSA) is 41.6 Å². The van der Waals surface area contributed by atoms with Crippen molar-refractivity contribution in [1.29, 1.82) is 0 Å². The molecule has 0 aromatic heterocycles. The predicted molar refractivity (Wildman–Crippen MR) is 84.3 cm³/mol. The monoisotopic (exact) mass is 290 g/mol. The lowest BCUT2D eigenvalue weighted by atomic mass is 9.97.